The first kappa shape index (κ1) is 12.9. The second kappa shape index (κ2) is 4.99. The van der Waals surface area contributed by atoms with Crippen LogP contribution in [-0.2, 0) is 6.42 Å². The number of hydrogen-bond acceptors (Lipinski definition) is 2. The zero-order valence-electron chi connectivity index (χ0n) is 10.4. The van der Waals surface area contributed by atoms with Crippen molar-refractivity contribution in [3.8, 4) is 5.75 Å². The largest absolute Gasteiger partial charge is 0.496 e. The summed E-state index contributed by atoms with van der Waals surface area (Å²) in [6, 6.07) is 5.95. The first-order chi connectivity index (χ1) is 8.05. The first-order valence-electron chi connectivity index (χ1n) is 6.10. The smallest absolute Gasteiger partial charge is 0.122 e. The van der Waals surface area contributed by atoms with Crippen molar-refractivity contribution in [2.75, 3.05) is 7.11 Å². The van der Waals surface area contributed by atoms with Crippen molar-refractivity contribution in [3.63, 3.8) is 0 Å². The lowest BCUT2D eigenvalue weighted by Crippen LogP contribution is -2.34. The van der Waals surface area contributed by atoms with Crippen molar-refractivity contribution >= 4 is 15.9 Å². The zero-order valence-corrected chi connectivity index (χ0v) is 12.0. The Balaban J connectivity index is 2.25. The number of methoxy groups -OCH3 is 1. The molecular formula is C14H19BrO2. The summed E-state index contributed by atoms with van der Waals surface area (Å²) in [5.74, 6) is 1.23. The molecule has 0 aromatic heterocycles. The number of ether oxygens (including phenoxy) is 1. The van der Waals surface area contributed by atoms with Crippen LogP contribution in [0, 0.1) is 5.92 Å². The average Bonchev–Trinajstić information content (AvgIpc) is 2.59. The molecule has 0 bridgehead atoms. The molecule has 2 nitrogen and oxygen atoms in total. The molecule has 1 aromatic rings. The predicted octanol–water partition coefficient (Wildman–Crippen LogP) is 3.55. The maximum absolute atomic E-state index is 10.7. The van der Waals surface area contributed by atoms with Gasteiger partial charge in [-0.15, -0.1) is 0 Å². The molecule has 1 aliphatic rings. The lowest BCUT2D eigenvalue weighted by Gasteiger charge is -2.28. The summed E-state index contributed by atoms with van der Waals surface area (Å²) in [4.78, 5) is 0. The van der Waals surface area contributed by atoms with Gasteiger partial charge in [-0.3, -0.25) is 0 Å². The van der Waals surface area contributed by atoms with Crippen molar-refractivity contribution in [2.45, 2.75) is 38.2 Å². The van der Waals surface area contributed by atoms with E-state index in [1.165, 1.54) is 0 Å². The Morgan fingerprint density at radius 2 is 2.29 bits per heavy atom. The maximum Gasteiger partial charge on any atom is 0.122 e. The van der Waals surface area contributed by atoms with Gasteiger partial charge in [-0.1, -0.05) is 29.3 Å². The lowest BCUT2D eigenvalue weighted by molar-refractivity contribution is 0.00911. The third kappa shape index (κ3) is 2.66. The molecule has 0 spiro atoms. The summed E-state index contributed by atoms with van der Waals surface area (Å²) < 4.78 is 6.39. The summed E-state index contributed by atoms with van der Waals surface area (Å²) in [7, 11) is 1.68. The van der Waals surface area contributed by atoms with Crippen LogP contribution in [0.3, 0.4) is 0 Å². The first-order valence-corrected chi connectivity index (χ1v) is 6.89. The van der Waals surface area contributed by atoms with Gasteiger partial charge in [0, 0.05) is 10.9 Å². The van der Waals surface area contributed by atoms with E-state index in [4.69, 9.17) is 4.74 Å². The van der Waals surface area contributed by atoms with E-state index in [-0.39, 0.29) is 0 Å². The maximum atomic E-state index is 10.7. The van der Waals surface area contributed by atoms with Crippen molar-refractivity contribution in [1.29, 1.82) is 0 Å². The van der Waals surface area contributed by atoms with Crippen LogP contribution in [0.15, 0.2) is 22.7 Å². The molecule has 0 saturated heterocycles. The lowest BCUT2D eigenvalue weighted by atomic mass is 9.86. The second-order valence-electron chi connectivity index (χ2n) is 5.03. The highest BCUT2D eigenvalue weighted by Crippen LogP contribution is 2.39. The van der Waals surface area contributed by atoms with Crippen LogP contribution >= 0.6 is 15.9 Å². The predicted molar refractivity (Wildman–Crippen MR) is 72.4 cm³/mol. The van der Waals surface area contributed by atoms with Crippen LogP contribution < -0.4 is 4.74 Å². The standard InChI is InChI=1S/C14H19BrO2/c1-10-4-3-7-14(10,16)9-11-8-12(15)5-6-13(11)17-2/h5-6,8,10,16H,3-4,7,9H2,1-2H3. The van der Waals surface area contributed by atoms with Crippen molar-refractivity contribution in [1.82, 2.24) is 0 Å². The Hall–Kier alpha value is -0.540. The molecular weight excluding hydrogens is 280 g/mol. The van der Waals surface area contributed by atoms with Crippen LogP contribution in [0.25, 0.3) is 0 Å². The number of benzene rings is 1. The van der Waals surface area contributed by atoms with Gasteiger partial charge in [0.2, 0.25) is 0 Å². The third-order valence-corrected chi connectivity index (χ3v) is 4.40. The molecule has 0 heterocycles. The van der Waals surface area contributed by atoms with Crippen molar-refractivity contribution in [2.24, 2.45) is 5.92 Å². The van der Waals surface area contributed by atoms with E-state index in [2.05, 4.69) is 22.9 Å². The fraction of sp³-hybridized carbons (Fsp3) is 0.571. The molecule has 0 amide bonds. The molecule has 2 unspecified atom stereocenters. The number of hydrogen-bond donors (Lipinski definition) is 1. The summed E-state index contributed by atoms with van der Waals surface area (Å²) in [6.07, 6.45) is 3.81. The van der Waals surface area contributed by atoms with Gasteiger partial charge in [0.1, 0.15) is 5.75 Å². The molecule has 1 saturated carbocycles. The Morgan fingerprint density at radius 3 is 2.88 bits per heavy atom. The van der Waals surface area contributed by atoms with E-state index in [1.807, 2.05) is 18.2 Å². The Morgan fingerprint density at radius 1 is 1.53 bits per heavy atom. The average molecular weight is 299 g/mol. The molecule has 1 aliphatic carbocycles. The van der Waals surface area contributed by atoms with E-state index in [0.717, 1.165) is 35.0 Å². The van der Waals surface area contributed by atoms with Crippen LogP contribution in [0.2, 0.25) is 0 Å². The van der Waals surface area contributed by atoms with Gasteiger partial charge in [0.05, 0.1) is 12.7 Å². The second-order valence-corrected chi connectivity index (χ2v) is 5.95. The number of halogens is 1. The van der Waals surface area contributed by atoms with Gasteiger partial charge in [-0.25, -0.2) is 0 Å². The quantitative estimate of drug-likeness (QED) is 0.925. The van der Waals surface area contributed by atoms with Crippen molar-refractivity contribution < 1.29 is 9.84 Å². The van der Waals surface area contributed by atoms with Gasteiger partial charge in [-0.05, 0) is 42.5 Å². The number of aliphatic hydroxyl groups is 1. The van der Waals surface area contributed by atoms with E-state index >= 15 is 0 Å². The van der Waals surface area contributed by atoms with Crippen LogP contribution in [0.1, 0.15) is 31.7 Å². The van der Waals surface area contributed by atoms with Gasteiger partial charge in [0.15, 0.2) is 0 Å². The summed E-state index contributed by atoms with van der Waals surface area (Å²) >= 11 is 3.47. The van der Waals surface area contributed by atoms with E-state index in [0.29, 0.717) is 12.3 Å². The Kier molecular flexibility index (Phi) is 3.79. The van der Waals surface area contributed by atoms with E-state index in [1.54, 1.807) is 7.11 Å². The molecule has 1 fully saturated rings. The molecule has 1 aromatic carbocycles. The molecule has 17 heavy (non-hydrogen) atoms. The SMILES string of the molecule is COc1ccc(Br)cc1CC1(O)CCCC1C. The topological polar surface area (TPSA) is 29.5 Å². The monoisotopic (exact) mass is 298 g/mol. The van der Waals surface area contributed by atoms with Crippen molar-refractivity contribution in [3.05, 3.63) is 28.2 Å². The highest BCUT2D eigenvalue weighted by molar-refractivity contribution is 9.10. The van der Waals surface area contributed by atoms with Crippen LogP contribution in [0.5, 0.6) is 5.75 Å². The third-order valence-electron chi connectivity index (χ3n) is 3.90. The Bertz CT molecular complexity index is 405. The minimum Gasteiger partial charge on any atom is -0.496 e. The molecule has 94 valence electrons. The van der Waals surface area contributed by atoms with E-state index < -0.39 is 5.60 Å². The van der Waals surface area contributed by atoms with Gasteiger partial charge >= 0.3 is 0 Å². The summed E-state index contributed by atoms with van der Waals surface area (Å²) in [5.41, 5.74) is 0.520. The van der Waals surface area contributed by atoms with Crippen LogP contribution in [-0.4, -0.2) is 17.8 Å². The fourth-order valence-electron chi connectivity index (χ4n) is 2.71. The highest BCUT2D eigenvalue weighted by Gasteiger charge is 2.38. The molecule has 3 heteroatoms. The molecule has 0 radical (unpaired) electrons. The fourth-order valence-corrected chi connectivity index (χ4v) is 3.12. The minimum atomic E-state index is -0.561. The molecule has 2 atom stereocenters. The Labute approximate surface area is 111 Å². The zero-order chi connectivity index (χ0) is 12.5. The van der Waals surface area contributed by atoms with Gasteiger partial charge in [-0.2, -0.15) is 0 Å². The van der Waals surface area contributed by atoms with Gasteiger partial charge in [0.25, 0.3) is 0 Å². The molecule has 0 aliphatic heterocycles. The summed E-state index contributed by atoms with van der Waals surface area (Å²) in [6.45, 7) is 2.14. The normalized spacial score (nSPS) is 28.4. The van der Waals surface area contributed by atoms with Gasteiger partial charge < -0.3 is 9.84 Å². The van der Waals surface area contributed by atoms with Crippen LogP contribution in [0.4, 0.5) is 0 Å². The number of rotatable bonds is 3. The summed E-state index contributed by atoms with van der Waals surface area (Å²) in [5, 5.41) is 10.7. The molecule has 1 N–H and O–H groups in total. The van der Waals surface area contributed by atoms with E-state index in [9.17, 15) is 5.11 Å². The molecule has 2 rings (SSSR count). The highest BCUT2D eigenvalue weighted by atomic mass is 79.9. The minimum absolute atomic E-state index is 0.367.